The molecule has 0 amide bonds. The molecule has 2 unspecified atom stereocenters. The van der Waals surface area contributed by atoms with E-state index in [4.69, 9.17) is 14.2 Å². The number of ether oxygens (including phenoxy) is 3. The van der Waals surface area contributed by atoms with Gasteiger partial charge < -0.3 is 14.2 Å². The molecule has 2 aliphatic rings. The van der Waals surface area contributed by atoms with Crippen LogP contribution in [0.25, 0.3) is 0 Å². The molecule has 0 radical (unpaired) electrons. The molecule has 0 N–H and O–H groups in total. The van der Waals surface area contributed by atoms with Crippen molar-refractivity contribution in [3.8, 4) is 5.75 Å². The van der Waals surface area contributed by atoms with Crippen LogP contribution in [0.15, 0.2) is 48.5 Å². The molecule has 4 rings (SSSR count). The number of benzene rings is 2. The molecular formula is C26H32F2O3. The highest BCUT2D eigenvalue weighted by Gasteiger charge is 2.36. The fraction of sp³-hybridized carbons (Fsp3) is 0.538. The Morgan fingerprint density at radius 3 is 2.26 bits per heavy atom. The lowest BCUT2D eigenvalue weighted by Crippen LogP contribution is -2.37. The monoisotopic (exact) mass is 430 g/mol. The van der Waals surface area contributed by atoms with Gasteiger partial charge in [-0.15, -0.1) is 0 Å². The lowest BCUT2D eigenvalue weighted by Gasteiger charge is -2.38. The van der Waals surface area contributed by atoms with Crippen molar-refractivity contribution in [2.24, 2.45) is 5.92 Å². The molecule has 168 valence electrons. The molecule has 1 aliphatic heterocycles. The van der Waals surface area contributed by atoms with Gasteiger partial charge in [-0.25, -0.2) is 0 Å². The molecule has 3 nitrogen and oxygen atoms in total. The molecular weight excluding hydrogens is 398 g/mol. The lowest BCUT2D eigenvalue weighted by molar-refractivity contribution is -0.212. The summed E-state index contributed by atoms with van der Waals surface area (Å²) in [7, 11) is 0. The van der Waals surface area contributed by atoms with Gasteiger partial charge in [-0.3, -0.25) is 0 Å². The summed E-state index contributed by atoms with van der Waals surface area (Å²) < 4.78 is 46.2. The first-order chi connectivity index (χ1) is 15.1. The van der Waals surface area contributed by atoms with Crippen molar-refractivity contribution in [3.05, 3.63) is 65.2 Å². The predicted molar refractivity (Wildman–Crippen MR) is 116 cm³/mol. The quantitative estimate of drug-likeness (QED) is 0.483. The second kappa shape index (κ2) is 10.1. The first kappa shape index (κ1) is 22.2. The van der Waals surface area contributed by atoms with Gasteiger partial charge in [0.1, 0.15) is 5.75 Å². The predicted octanol–water partition coefficient (Wildman–Crippen LogP) is 6.80. The highest BCUT2D eigenvalue weighted by Crippen LogP contribution is 2.42. The average molecular weight is 431 g/mol. The summed E-state index contributed by atoms with van der Waals surface area (Å²) in [6.07, 6.45) is 3.75. The minimum atomic E-state index is -3.37. The molecule has 1 saturated carbocycles. The fourth-order valence-electron chi connectivity index (χ4n) is 4.80. The molecule has 2 fully saturated rings. The van der Waals surface area contributed by atoms with Crippen LogP contribution in [0.1, 0.15) is 68.1 Å². The zero-order valence-electron chi connectivity index (χ0n) is 18.2. The maximum atomic E-state index is 14.7. The topological polar surface area (TPSA) is 27.7 Å². The first-order valence-electron chi connectivity index (χ1n) is 11.6. The van der Waals surface area contributed by atoms with Gasteiger partial charge >= 0.3 is 6.11 Å². The van der Waals surface area contributed by atoms with Crippen molar-refractivity contribution in [1.29, 1.82) is 0 Å². The molecule has 2 aromatic carbocycles. The van der Waals surface area contributed by atoms with Crippen LogP contribution in [0.4, 0.5) is 8.78 Å². The second-order valence-electron chi connectivity index (χ2n) is 8.65. The number of alkyl halides is 2. The molecule has 2 atom stereocenters. The Morgan fingerprint density at radius 2 is 1.58 bits per heavy atom. The Bertz CT molecular complexity index is 814. The van der Waals surface area contributed by atoms with Crippen LogP contribution in [0.3, 0.4) is 0 Å². The van der Waals surface area contributed by atoms with E-state index < -0.39 is 6.11 Å². The van der Waals surface area contributed by atoms with Crippen LogP contribution in [0.2, 0.25) is 0 Å². The molecule has 0 aromatic heterocycles. The molecule has 1 aliphatic carbocycles. The van der Waals surface area contributed by atoms with Crippen molar-refractivity contribution in [1.82, 2.24) is 0 Å². The minimum absolute atomic E-state index is 0.129. The molecule has 31 heavy (non-hydrogen) atoms. The summed E-state index contributed by atoms with van der Waals surface area (Å²) in [5.41, 5.74) is 2.07. The molecule has 2 aromatic rings. The molecule has 0 bridgehead atoms. The van der Waals surface area contributed by atoms with Crippen molar-refractivity contribution in [2.45, 2.75) is 70.2 Å². The molecule has 5 heteroatoms. The number of aryl methyl sites for hydroxylation is 1. The van der Waals surface area contributed by atoms with Crippen molar-refractivity contribution < 1.29 is 23.0 Å². The van der Waals surface area contributed by atoms with Crippen LogP contribution in [-0.2, 0) is 22.0 Å². The van der Waals surface area contributed by atoms with Gasteiger partial charge in [-0.1, -0.05) is 50.5 Å². The smallest absolute Gasteiger partial charge is 0.426 e. The normalized spacial score (nSPS) is 22.9. The Hall–Kier alpha value is -1.98. The van der Waals surface area contributed by atoms with E-state index in [2.05, 4.69) is 6.92 Å². The highest BCUT2D eigenvalue weighted by molar-refractivity contribution is 5.32. The third-order valence-electron chi connectivity index (χ3n) is 6.40. The van der Waals surface area contributed by atoms with Gasteiger partial charge in [-0.2, -0.15) is 8.78 Å². The van der Waals surface area contributed by atoms with E-state index in [1.54, 1.807) is 24.3 Å². The van der Waals surface area contributed by atoms with Gasteiger partial charge in [0, 0.05) is 5.92 Å². The van der Waals surface area contributed by atoms with Gasteiger partial charge in [0.2, 0.25) is 0 Å². The third kappa shape index (κ3) is 5.45. The molecule has 1 heterocycles. The van der Waals surface area contributed by atoms with Crippen LogP contribution < -0.4 is 4.74 Å². The summed E-state index contributed by atoms with van der Waals surface area (Å²) >= 11 is 0. The van der Waals surface area contributed by atoms with E-state index in [1.807, 2.05) is 12.1 Å². The Kier molecular flexibility index (Phi) is 7.24. The fourth-order valence-corrected chi connectivity index (χ4v) is 4.80. The van der Waals surface area contributed by atoms with E-state index in [0.717, 1.165) is 62.9 Å². The average Bonchev–Trinajstić information content (AvgIpc) is 2.81. The first-order valence-corrected chi connectivity index (χ1v) is 11.6. The number of hydrogen-bond acceptors (Lipinski definition) is 3. The van der Waals surface area contributed by atoms with Gasteiger partial charge in [0.15, 0.2) is 6.29 Å². The lowest BCUT2D eigenvalue weighted by atomic mass is 9.75. The van der Waals surface area contributed by atoms with Gasteiger partial charge in [0.05, 0.1) is 18.8 Å². The molecule has 0 spiro atoms. The SMILES string of the molecule is CCCc1ccc(C(F)(F)Oc2ccc(C3CCCCC3C3OCCCO3)cc2)cc1. The summed E-state index contributed by atoms with van der Waals surface area (Å²) in [6.45, 7) is 3.56. The van der Waals surface area contributed by atoms with Crippen LogP contribution >= 0.6 is 0 Å². The number of hydrogen-bond donors (Lipinski definition) is 0. The van der Waals surface area contributed by atoms with Crippen LogP contribution in [0, 0.1) is 5.92 Å². The summed E-state index contributed by atoms with van der Waals surface area (Å²) in [6, 6.07) is 13.6. The van der Waals surface area contributed by atoms with Gasteiger partial charge in [-0.05, 0) is 67.0 Å². The van der Waals surface area contributed by atoms with E-state index in [1.165, 1.54) is 18.6 Å². The van der Waals surface area contributed by atoms with E-state index >= 15 is 0 Å². The zero-order valence-corrected chi connectivity index (χ0v) is 18.2. The van der Waals surface area contributed by atoms with Crippen molar-refractivity contribution >= 4 is 0 Å². The minimum Gasteiger partial charge on any atom is -0.429 e. The Balaban J connectivity index is 1.44. The Morgan fingerprint density at radius 1 is 0.903 bits per heavy atom. The maximum Gasteiger partial charge on any atom is 0.426 e. The van der Waals surface area contributed by atoms with E-state index in [9.17, 15) is 8.78 Å². The highest BCUT2D eigenvalue weighted by atomic mass is 19.3. The largest absolute Gasteiger partial charge is 0.429 e. The summed E-state index contributed by atoms with van der Waals surface area (Å²) in [5.74, 6) is 0.797. The summed E-state index contributed by atoms with van der Waals surface area (Å²) in [4.78, 5) is 0. The van der Waals surface area contributed by atoms with Crippen molar-refractivity contribution in [2.75, 3.05) is 13.2 Å². The number of halogens is 2. The van der Waals surface area contributed by atoms with Gasteiger partial charge in [0.25, 0.3) is 0 Å². The maximum absolute atomic E-state index is 14.7. The van der Waals surface area contributed by atoms with E-state index in [0.29, 0.717) is 11.8 Å². The second-order valence-corrected chi connectivity index (χ2v) is 8.65. The number of rotatable bonds is 7. The zero-order chi connectivity index (χ0) is 21.7. The van der Waals surface area contributed by atoms with E-state index in [-0.39, 0.29) is 17.6 Å². The molecule has 1 saturated heterocycles. The van der Waals surface area contributed by atoms with Crippen LogP contribution in [-0.4, -0.2) is 19.5 Å². The summed E-state index contributed by atoms with van der Waals surface area (Å²) in [5, 5.41) is 0. The van der Waals surface area contributed by atoms with Crippen molar-refractivity contribution in [3.63, 3.8) is 0 Å². The Labute approximate surface area is 183 Å². The van der Waals surface area contributed by atoms with Crippen LogP contribution in [0.5, 0.6) is 5.75 Å². The third-order valence-corrected chi connectivity index (χ3v) is 6.40. The standard InChI is InChI=1S/C26H32F2O3/c1-2-6-19-9-13-21(14-10-19)26(27,28)31-22-15-11-20(12-16-22)23-7-3-4-8-24(23)25-29-17-5-18-30-25/h9-16,23-25H,2-8,17-18H2,1H3.